The Balaban J connectivity index is 2.53. The molecule has 2 aromatic carbocycles. The molecule has 1 aromatic heterocycles. The molecule has 0 aliphatic heterocycles. The SMILES string of the molecule is C#CCn1c2cc(Br)ccc2c2ccc(Br)cc21. The zero-order chi connectivity index (χ0) is 12.7. The van der Waals surface area contributed by atoms with Gasteiger partial charge >= 0.3 is 0 Å². The van der Waals surface area contributed by atoms with Gasteiger partial charge in [-0.1, -0.05) is 49.9 Å². The van der Waals surface area contributed by atoms with Crippen molar-refractivity contribution >= 4 is 53.7 Å². The van der Waals surface area contributed by atoms with Gasteiger partial charge in [0.05, 0.1) is 17.6 Å². The normalized spacial score (nSPS) is 10.9. The summed E-state index contributed by atoms with van der Waals surface area (Å²) in [6.07, 6.45) is 5.48. The van der Waals surface area contributed by atoms with Crippen molar-refractivity contribution in [3.8, 4) is 12.3 Å². The molecule has 1 nitrogen and oxygen atoms in total. The van der Waals surface area contributed by atoms with Gasteiger partial charge in [0.2, 0.25) is 0 Å². The van der Waals surface area contributed by atoms with Gasteiger partial charge < -0.3 is 4.57 Å². The van der Waals surface area contributed by atoms with Gasteiger partial charge in [0.15, 0.2) is 0 Å². The first-order valence-corrected chi connectivity index (χ1v) is 7.10. The summed E-state index contributed by atoms with van der Waals surface area (Å²) in [6, 6.07) is 12.6. The summed E-state index contributed by atoms with van der Waals surface area (Å²) in [5, 5.41) is 2.46. The Morgan fingerprint density at radius 2 is 1.44 bits per heavy atom. The molecule has 0 spiro atoms. The second kappa shape index (κ2) is 4.46. The molecule has 88 valence electrons. The van der Waals surface area contributed by atoms with Crippen LogP contribution in [0.2, 0.25) is 0 Å². The van der Waals surface area contributed by atoms with E-state index in [2.05, 4.69) is 78.7 Å². The zero-order valence-electron chi connectivity index (χ0n) is 9.45. The molecule has 0 radical (unpaired) electrons. The Bertz CT molecular complexity index is 734. The maximum Gasteiger partial charge on any atom is 0.0841 e. The summed E-state index contributed by atoms with van der Waals surface area (Å²) in [6.45, 7) is 0.576. The fraction of sp³-hybridized carbons (Fsp3) is 0.0667. The predicted octanol–water partition coefficient (Wildman–Crippen LogP) is 4.95. The smallest absolute Gasteiger partial charge is 0.0841 e. The summed E-state index contributed by atoms with van der Waals surface area (Å²) in [5.41, 5.74) is 2.32. The average molecular weight is 363 g/mol. The molecule has 0 saturated carbocycles. The fourth-order valence-corrected chi connectivity index (χ4v) is 3.00. The van der Waals surface area contributed by atoms with E-state index >= 15 is 0 Å². The van der Waals surface area contributed by atoms with Gasteiger partial charge in [0.1, 0.15) is 0 Å². The van der Waals surface area contributed by atoms with Crippen LogP contribution in [0.4, 0.5) is 0 Å². The Morgan fingerprint density at radius 3 is 1.89 bits per heavy atom. The summed E-state index contributed by atoms with van der Waals surface area (Å²) in [7, 11) is 0. The Morgan fingerprint density at radius 1 is 0.944 bits per heavy atom. The van der Waals surface area contributed by atoms with Crippen molar-refractivity contribution in [3.05, 3.63) is 45.3 Å². The molecule has 18 heavy (non-hydrogen) atoms. The minimum Gasteiger partial charge on any atom is -0.329 e. The van der Waals surface area contributed by atoms with Gasteiger partial charge in [-0.05, 0) is 24.3 Å². The molecule has 0 N–H and O–H groups in total. The molecule has 3 aromatic rings. The van der Waals surface area contributed by atoms with Crippen LogP contribution in [-0.4, -0.2) is 4.57 Å². The molecule has 0 bridgehead atoms. The Labute approximate surface area is 122 Å². The highest BCUT2D eigenvalue weighted by Crippen LogP contribution is 2.32. The van der Waals surface area contributed by atoms with Gasteiger partial charge in [-0.3, -0.25) is 0 Å². The maximum absolute atomic E-state index is 5.48. The minimum atomic E-state index is 0.576. The molecular weight excluding hydrogens is 354 g/mol. The van der Waals surface area contributed by atoms with E-state index in [0.717, 1.165) is 20.0 Å². The van der Waals surface area contributed by atoms with Crippen molar-refractivity contribution in [1.29, 1.82) is 0 Å². The first-order valence-electron chi connectivity index (χ1n) is 5.51. The van der Waals surface area contributed by atoms with Crippen molar-refractivity contribution in [3.63, 3.8) is 0 Å². The summed E-state index contributed by atoms with van der Waals surface area (Å²) >= 11 is 7.03. The first kappa shape index (κ1) is 11.8. The standard InChI is InChI=1S/C15H9Br2N/c1-2-7-18-14-8-10(16)3-5-12(14)13-6-4-11(17)9-15(13)18/h1,3-6,8-9H,7H2. The minimum absolute atomic E-state index is 0.576. The number of fused-ring (bicyclic) bond motifs is 3. The van der Waals surface area contributed by atoms with Crippen LogP contribution in [0.1, 0.15) is 0 Å². The van der Waals surface area contributed by atoms with Gasteiger partial charge in [0.25, 0.3) is 0 Å². The van der Waals surface area contributed by atoms with E-state index in [4.69, 9.17) is 6.42 Å². The molecule has 3 rings (SSSR count). The lowest BCUT2D eigenvalue weighted by atomic mass is 10.2. The third-order valence-corrected chi connectivity index (χ3v) is 4.03. The molecule has 3 heteroatoms. The van der Waals surface area contributed by atoms with Crippen LogP contribution in [-0.2, 0) is 6.54 Å². The molecule has 0 aliphatic carbocycles. The molecule has 0 amide bonds. The molecule has 0 atom stereocenters. The number of hydrogen-bond donors (Lipinski definition) is 0. The van der Waals surface area contributed by atoms with Crippen molar-refractivity contribution in [2.24, 2.45) is 0 Å². The van der Waals surface area contributed by atoms with Crippen LogP contribution in [0.3, 0.4) is 0 Å². The van der Waals surface area contributed by atoms with Gasteiger partial charge in [-0.2, -0.15) is 0 Å². The van der Waals surface area contributed by atoms with Crippen molar-refractivity contribution in [1.82, 2.24) is 4.57 Å². The van der Waals surface area contributed by atoms with Crippen molar-refractivity contribution < 1.29 is 0 Å². The first-order chi connectivity index (χ1) is 8.70. The lowest BCUT2D eigenvalue weighted by molar-refractivity contribution is 0.923. The number of benzene rings is 2. The monoisotopic (exact) mass is 361 g/mol. The summed E-state index contributed by atoms with van der Waals surface area (Å²) < 4.78 is 4.30. The van der Waals surface area contributed by atoms with E-state index in [1.807, 2.05) is 0 Å². The number of aromatic nitrogens is 1. The number of hydrogen-bond acceptors (Lipinski definition) is 0. The van der Waals surface area contributed by atoms with Gasteiger partial charge in [0, 0.05) is 19.7 Å². The quantitative estimate of drug-likeness (QED) is 0.539. The molecule has 0 aliphatic rings. The molecule has 0 fully saturated rings. The number of halogens is 2. The van der Waals surface area contributed by atoms with E-state index in [0.29, 0.717) is 6.54 Å². The zero-order valence-corrected chi connectivity index (χ0v) is 12.6. The molecule has 0 unspecified atom stereocenters. The van der Waals surface area contributed by atoms with Crippen LogP contribution in [0.25, 0.3) is 21.8 Å². The number of terminal acetylenes is 1. The second-order valence-corrected chi connectivity index (χ2v) is 5.94. The highest BCUT2D eigenvalue weighted by atomic mass is 79.9. The van der Waals surface area contributed by atoms with Crippen LogP contribution >= 0.6 is 31.9 Å². The predicted molar refractivity (Wildman–Crippen MR) is 83.7 cm³/mol. The van der Waals surface area contributed by atoms with Crippen LogP contribution in [0.15, 0.2) is 45.3 Å². The van der Waals surface area contributed by atoms with Gasteiger partial charge in [-0.25, -0.2) is 0 Å². The lowest BCUT2D eigenvalue weighted by Crippen LogP contribution is -1.94. The fourth-order valence-electron chi connectivity index (χ4n) is 2.30. The van der Waals surface area contributed by atoms with E-state index in [-0.39, 0.29) is 0 Å². The lowest BCUT2D eigenvalue weighted by Gasteiger charge is -2.02. The van der Waals surface area contributed by atoms with E-state index in [9.17, 15) is 0 Å². The highest BCUT2D eigenvalue weighted by molar-refractivity contribution is 9.10. The maximum atomic E-state index is 5.48. The Kier molecular flexibility index (Phi) is 2.93. The van der Waals surface area contributed by atoms with Crippen molar-refractivity contribution in [2.75, 3.05) is 0 Å². The average Bonchev–Trinajstić information content (AvgIpc) is 2.63. The second-order valence-electron chi connectivity index (χ2n) is 4.11. The number of rotatable bonds is 1. The molecule has 1 heterocycles. The number of nitrogens with zero attached hydrogens (tertiary/aromatic N) is 1. The Hall–Kier alpha value is -1.24. The van der Waals surface area contributed by atoms with Crippen LogP contribution in [0, 0.1) is 12.3 Å². The molecular formula is C15H9Br2N. The third-order valence-electron chi connectivity index (χ3n) is 3.04. The van der Waals surface area contributed by atoms with Crippen LogP contribution < -0.4 is 0 Å². The van der Waals surface area contributed by atoms with Crippen LogP contribution in [0.5, 0.6) is 0 Å². The van der Waals surface area contributed by atoms with E-state index in [1.54, 1.807) is 0 Å². The summed E-state index contributed by atoms with van der Waals surface area (Å²) in [5.74, 6) is 2.73. The third kappa shape index (κ3) is 1.77. The highest BCUT2D eigenvalue weighted by Gasteiger charge is 2.10. The largest absolute Gasteiger partial charge is 0.329 e. The topological polar surface area (TPSA) is 4.93 Å². The molecule has 0 saturated heterocycles. The summed E-state index contributed by atoms with van der Waals surface area (Å²) in [4.78, 5) is 0. The van der Waals surface area contributed by atoms with Crippen molar-refractivity contribution in [2.45, 2.75) is 6.54 Å². The van der Waals surface area contributed by atoms with Gasteiger partial charge in [-0.15, -0.1) is 6.42 Å². The van der Waals surface area contributed by atoms with E-state index < -0.39 is 0 Å². The van der Waals surface area contributed by atoms with E-state index in [1.165, 1.54) is 10.8 Å².